The smallest absolute Gasteiger partial charge is 0.249 e. The topological polar surface area (TPSA) is 65.4 Å². The van der Waals surface area contributed by atoms with Crippen molar-refractivity contribution in [3.8, 4) is 0 Å². The number of imidazole rings is 1. The molecule has 20 heavy (non-hydrogen) atoms. The lowest BCUT2D eigenvalue weighted by Crippen LogP contribution is -2.45. The van der Waals surface area contributed by atoms with Crippen molar-refractivity contribution in [1.82, 2.24) is 14.9 Å². The van der Waals surface area contributed by atoms with Gasteiger partial charge < -0.3 is 19.4 Å². The fourth-order valence-corrected chi connectivity index (χ4v) is 2.41. The summed E-state index contributed by atoms with van der Waals surface area (Å²) in [6, 6.07) is 0.150. The maximum atomic E-state index is 12.0. The first kappa shape index (κ1) is 15.0. The van der Waals surface area contributed by atoms with Crippen molar-refractivity contribution in [2.45, 2.75) is 45.4 Å². The molecule has 6 heteroatoms. The molecule has 0 aromatic carbocycles. The van der Waals surface area contributed by atoms with Crippen molar-refractivity contribution >= 4 is 5.91 Å². The van der Waals surface area contributed by atoms with Crippen LogP contribution in [0.2, 0.25) is 0 Å². The van der Waals surface area contributed by atoms with E-state index in [1.165, 1.54) is 0 Å². The number of aryl methyl sites for hydroxylation is 2. The fraction of sp³-hybridized carbons (Fsp3) is 0.714. The monoisotopic (exact) mass is 281 g/mol. The van der Waals surface area contributed by atoms with Crippen LogP contribution < -0.4 is 5.32 Å². The molecule has 0 saturated heterocycles. The molecule has 6 nitrogen and oxygen atoms in total. The van der Waals surface area contributed by atoms with E-state index in [1.54, 1.807) is 14.0 Å². The summed E-state index contributed by atoms with van der Waals surface area (Å²) in [5, 5.41) is 3.04. The van der Waals surface area contributed by atoms with Gasteiger partial charge in [-0.25, -0.2) is 4.98 Å². The second-order valence-electron chi connectivity index (χ2n) is 5.20. The van der Waals surface area contributed by atoms with Gasteiger partial charge in [-0.2, -0.15) is 0 Å². The van der Waals surface area contributed by atoms with Crippen LogP contribution in [0.4, 0.5) is 0 Å². The van der Waals surface area contributed by atoms with Crippen LogP contribution in [0, 0.1) is 6.92 Å². The molecule has 1 N–H and O–H groups in total. The molecule has 0 saturated carbocycles. The number of hydrogen-bond donors (Lipinski definition) is 1. The first-order valence-corrected chi connectivity index (χ1v) is 7.03. The van der Waals surface area contributed by atoms with E-state index in [-0.39, 0.29) is 11.9 Å². The van der Waals surface area contributed by atoms with E-state index in [0.29, 0.717) is 13.2 Å². The van der Waals surface area contributed by atoms with E-state index in [0.717, 1.165) is 30.9 Å². The number of aromatic nitrogens is 2. The van der Waals surface area contributed by atoms with Crippen molar-refractivity contribution in [3.05, 3.63) is 17.7 Å². The molecule has 0 aliphatic carbocycles. The molecule has 0 radical (unpaired) electrons. The standard InChI is InChI=1S/C14H23N3O3/c1-10-8-17-9-12(4-5-13(17)15-10)16-14(18)11(2)20-7-6-19-3/h8,11-12H,4-7,9H2,1-3H3,(H,16,18). The highest BCUT2D eigenvalue weighted by Crippen LogP contribution is 2.15. The molecule has 2 unspecified atom stereocenters. The van der Waals surface area contributed by atoms with Gasteiger partial charge in [0.2, 0.25) is 5.91 Å². The normalized spacial score (nSPS) is 19.4. The zero-order valence-corrected chi connectivity index (χ0v) is 12.4. The highest BCUT2D eigenvalue weighted by atomic mass is 16.5. The molecule has 0 fully saturated rings. The minimum Gasteiger partial charge on any atom is -0.382 e. The Kier molecular flexibility index (Phi) is 5.14. The van der Waals surface area contributed by atoms with E-state index >= 15 is 0 Å². The van der Waals surface area contributed by atoms with Crippen molar-refractivity contribution in [1.29, 1.82) is 0 Å². The maximum Gasteiger partial charge on any atom is 0.249 e. The highest BCUT2D eigenvalue weighted by molar-refractivity contribution is 5.80. The van der Waals surface area contributed by atoms with Crippen molar-refractivity contribution in [2.24, 2.45) is 0 Å². The number of nitrogens with zero attached hydrogens (tertiary/aromatic N) is 2. The Morgan fingerprint density at radius 2 is 2.40 bits per heavy atom. The summed E-state index contributed by atoms with van der Waals surface area (Å²) >= 11 is 0. The van der Waals surface area contributed by atoms with Gasteiger partial charge in [-0.05, 0) is 20.3 Å². The van der Waals surface area contributed by atoms with Crippen LogP contribution in [0.3, 0.4) is 0 Å². The number of methoxy groups -OCH3 is 1. The lowest BCUT2D eigenvalue weighted by atomic mass is 10.1. The van der Waals surface area contributed by atoms with Gasteiger partial charge in [-0.15, -0.1) is 0 Å². The summed E-state index contributed by atoms with van der Waals surface area (Å²) in [5.41, 5.74) is 1.03. The Morgan fingerprint density at radius 1 is 1.60 bits per heavy atom. The third-order valence-corrected chi connectivity index (χ3v) is 3.48. The van der Waals surface area contributed by atoms with Crippen LogP contribution in [0.5, 0.6) is 0 Å². The minimum atomic E-state index is -0.448. The minimum absolute atomic E-state index is 0.0635. The van der Waals surface area contributed by atoms with Crippen LogP contribution in [-0.4, -0.2) is 47.9 Å². The van der Waals surface area contributed by atoms with Crippen LogP contribution in [0.1, 0.15) is 24.9 Å². The SMILES string of the molecule is COCCOC(C)C(=O)NC1CCc2nc(C)cn2C1. The van der Waals surface area contributed by atoms with Crippen LogP contribution in [0.25, 0.3) is 0 Å². The molecule has 1 amide bonds. The molecule has 112 valence electrons. The van der Waals surface area contributed by atoms with Gasteiger partial charge >= 0.3 is 0 Å². The second-order valence-corrected chi connectivity index (χ2v) is 5.20. The average Bonchev–Trinajstić information content (AvgIpc) is 2.78. The summed E-state index contributed by atoms with van der Waals surface area (Å²) in [5.74, 6) is 1.05. The zero-order valence-electron chi connectivity index (χ0n) is 12.4. The summed E-state index contributed by atoms with van der Waals surface area (Å²) in [4.78, 5) is 16.5. The number of rotatable bonds is 6. The number of carbonyl (C=O) groups excluding carboxylic acids is 1. The molecule has 1 aromatic rings. The van der Waals surface area contributed by atoms with E-state index in [2.05, 4.69) is 14.9 Å². The summed E-state index contributed by atoms with van der Waals surface area (Å²) in [7, 11) is 1.61. The highest BCUT2D eigenvalue weighted by Gasteiger charge is 2.23. The summed E-state index contributed by atoms with van der Waals surface area (Å²) < 4.78 is 12.4. The molecule has 2 atom stereocenters. The van der Waals surface area contributed by atoms with Gasteiger partial charge in [-0.3, -0.25) is 4.79 Å². The first-order valence-electron chi connectivity index (χ1n) is 7.03. The van der Waals surface area contributed by atoms with Gasteiger partial charge in [-0.1, -0.05) is 0 Å². The van der Waals surface area contributed by atoms with E-state index in [9.17, 15) is 4.79 Å². The molecular formula is C14H23N3O3. The van der Waals surface area contributed by atoms with E-state index in [1.807, 2.05) is 13.1 Å². The second kappa shape index (κ2) is 6.85. The number of ether oxygens (including phenoxy) is 2. The summed E-state index contributed by atoms with van der Waals surface area (Å²) in [6.45, 7) is 5.47. The fourth-order valence-electron chi connectivity index (χ4n) is 2.41. The van der Waals surface area contributed by atoms with Gasteiger partial charge in [0.05, 0.1) is 18.9 Å². The predicted octanol–water partition coefficient (Wildman–Crippen LogP) is 0.674. The molecule has 2 heterocycles. The maximum absolute atomic E-state index is 12.0. The lowest BCUT2D eigenvalue weighted by Gasteiger charge is -2.26. The third kappa shape index (κ3) is 3.80. The molecule has 1 aliphatic rings. The molecule has 1 aliphatic heterocycles. The number of fused-ring (bicyclic) bond motifs is 1. The molecule has 0 bridgehead atoms. The molecule has 1 aromatic heterocycles. The predicted molar refractivity (Wildman–Crippen MR) is 74.5 cm³/mol. The molecule has 2 rings (SSSR count). The van der Waals surface area contributed by atoms with Gasteiger partial charge in [0.15, 0.2) is 0 Å². The Morgan fingerprint density at radius 3 is 3.15 bits per heavy atom. The Labute approximate surface area is 119 Å². The van der Waals surface area contributed by atoms with Crippen LogP contribution in [0.15, 0.2) is 6.20 Å². The Bertz CT molecular complexity index is 459. The van der Waals surface area contributed by atoms with Crippen molar-refractivity contribution in [3.63, 3.8) is 0 Å². The summed E-state index contributed by atoms with van der Waals surface area (Å²) in [6.07, 6.45) is 3.41. The zero-order chi connectivity index (χ0) is 14.5. The number of hydrogen-bond acceptors (Lipinski definition) is 4. The van der Waals surface area contributed by atoms with Gasteiger partial charge in [0.1, 0.15) is 11.9 Å². The Balaban J connectivity index is 1.81. The van der Waals surface area contributed by atoms with E-state index < -0.39 is 6.10 Å². The Hall–Kier alpha value is -1.40. The quantitative estimate of drug-likeness (QED) is 0.779. The third-order valence-electron chi connectivity index (χ3n) is 3.48. The molecular weight excluding hydrogens is 258 g/mol. The lowest BCUT2D eigenvalue weighted by molar-refractivity contribution is -0.133. The van der Waals surface area contributed by atoms with Gasteiger partial charge in [0, 0.05) is 32.3 Å². The number of amides is 1. The van der Waals surface area contributed by atoms with Crippen LogP contribution in [-0.2, 0) is 27.2 Å². The van der Waals surface area contributed by atoms with Crippen molar-refractivity contribution < 1.29 is 14.3 Å². The number of nitrogens with one attached hydrogen (secondary N) is 1. The van der Waals surface area contributed by atoms with Crippen molar-refractivity contribution in [2.75, 3.05) is 20.3 Å². The first-order chi connectivity index (χ1) is 9.60. The largest absolute Gasteiger partial charge is 0.382 e. The number of carbonyl (C=O) groups is 1. The molecule has 0 spiro atoms. The van der Waals surface area contributed by atoms with Gasteiger partial charge in [0.25, 0.3) is 0 Å². The average molecular weight is 281 g/mol. The van der Waals surface area contributed by atoms with Crippen LogP contribution >= 0.6 is 0 Å². The van der Waals surface area contributed by atoms with E-state index in [4.69, 9.17) is 9.47 Å².